The van der Waals surface area contributed by atoms with Gasteiger partial charge in [-0.1, -0.05) is 30.3 Å². The zero-order valence-corrected chi connectivity index (χ0v) is 6.70. The van der Waals surface area contributed by atoms with Crippen LogP contribution in [0.2, 0.25) is 0 Å². The number of hydrazone groups is 1. The average molecular weight is 148 g/mol. The van der Waals surface area contributed by atoms with Crippen LogP contribution >= 0.6 is 0 Å². The molecule has 0 fully saturated rings. The summed E-state index contributed by atoms with van der Waals surface area (Å²) in [7, 11) is 1.90. The van der Waals surface area contributed by atoms with E-state index in [4.69, 9.17) is 0 Å². The maximum absolute atomic E-state index is 3.77. The highest BCUT2D eigenvalue weighted by atomic mass is 15.4. The second-order valence-electron chi connectivity index (χ2n) is 2.44. The highest BCUT2D eigenvalue weighted by molar-refractivity contribution is 5.22. The van der Waals surface area contributed by atoms with E-state index < -0.39 is 0 Å². The first kappa shape index (κ1) is 7.79. The van der Waals surface area contributed by atoms with Gasteiger partial charge in [0, 0.05) is 13.8 Å². The van der Waals surface area contributed by atoms with E-state index in [0.29, 0.717) is 0 Å². The smallest absolute Gasteiger partial charge is 0.0607 e. The van der Waals surface area contributed by atoms with Crippen LogP contribution in [0.5, 0.6) is 0 Å². The van der Waals surface area contributed by atoms with E-state index in [1.54, 1.807) is 5.01 Å². The van der Waals surface area contributed by atoms with Crippen molar-refractivity contribution < 1.29 is 0 Å². The standard InChI is InChI=1S/C9H12N2/c1-10-11(2)8-9-6-4-3-5-7-9/h3-7H,1,8H2,2H3. The molecular weight excluding hydrogens is 136 g/mol. The van der Waals surface area contributed by atoms with Crippen molar-refractivity contribution in [2.24, 2.45) is 5.10 Å². The third-order valence-electron chi connectivity index (χ3n) is 1.50. The van der Waals surface area contributed by atoms with Gasteiger partial charge in [0.2, 0.25) is 0 Å². The molecule has 2 nitrogen and oxygen atoms in total. The predicted molar refractivity (Wildman–Crippen MR) is 47.5 cm³/mol. The van der Waals surface area contributed by atoms with Gasteiger partial charge in [-0.15, -0.1) is 0 Å². The molecule has 0 unspecified atom stereocenters. The monoisotopic (exact) mass is 148 g/mol. The van der Waals surface area contributed by atoms with Crippen molar-refractivity contribution in [1.82, 2.24) is 5.01 Å². The summed E-state index contributed by atoms with van der Waals surface area (Å²) in [6.45, 7) is 4.26. The largest absolute Gasteiger partial charge is 0.296 e. The molecule has 58 valence electrons. The number of nitrogens with zero attached hydrogens (tertiary/aromatic N) is 2. The van der Waals surface area contributed by atoms with Gasteiger partial charge in [0.15, 0.2) is 0 Å². The van der Waals surface area contributed by atoms with Crippen LogP contribution in [0.4, 0.5) is 0 Å². The van der Waals surface area contributed by atoms with E-state index in [1.807, 2.05) is 25.2 Å². The second-order valence-corrected chi connectivity index (χ2v) is 2.44. The van der Waals surface area contributed by atoms with Crippen LogP contribution < -0.4 is 0 Å². The van der Waals surface area contributed by atoms with Gasteiger partial charge in [-0.2, -0.15) is 5.10 Å². The third kappa shape index (κ3) is 2.42. The minimum absolute atomic E-state index is 0.824. The molecule has 0 bridgehead atoms. The number of rotatable bonds is 3. The van der Waals surface area contributed by atoms with E-state index >= 15 is 0 Å². The predicted octanol–water partition coefficient (Wildman–Crippen LogP) is 1.73. The summed E-state index contributed by atoms with van der Waals surface area (Å²) in [5.74, 6) is 0. The summed E-state index contributed by atoms with van der Waals surface area (Å²) in [6, 6.07) is 10.2. The first-order valence-electron chi connectivity index (χ1n) is 3.54. The van der Waals surface area contributed by atoms with Crippen LogP contribution in [0, 0.1) is 0 Å². The Balaban J connectivity index is 2.57. The topological polar surface area (TPSA) is 15.6 Å². The molecule has 0 spiro atoms. The maximum atomic E-state index is 3.77. The van der Waals surface area contributed by atoms with Gasteiger partial charge < -0.3 is 0 Å². The summed E-state index contributed by atoms with van der Waals surface area (Å²) in [5, 5.41) is 5.57. The molecule has 0 radical (unpaired) electrons. The Labute approximate surface area is 67.2 Å². The van der Waals surface area contributed by atoms with E-state index in [2.05, 4.69) is 24.0 Å². The van der Waals surface area contributed by atoms with Crippen molar-refractivity contribution in [2.45, 2.75) is 6.54 Å². The van der Waals surface area contributed by atoms with E-state index in [1.165, 1.54) is 5.56 Å². The van der Waals surface area contributed by atoms with Gasteiger partial charge in [-0.25, -0.2) is 0 Å². The van der Waals surface area contributed by atoms with Gasteiger partial charge in [0.25, 0.3) is 0 Å². The van der Waals surface area contributed by atoms with Crippen molar-refractivity contribution >= 4 is 6.72 Å². The number of hydrogen-bond acceptors (Lipinski definition) is 2. The molecule has 2 heteroatoms. The summed E-state index contributed by atoms with van der Waals surface area (Å²) in [6.07, 6.45) is 0. The first-order valence-corrected chi connectivity index (χ1v) is 3.54. The molecule has 0 N–H and O–H groups in total. The van der Waals surface area contributed by atoms with Crippen molar-refractivity contribution in [2.75, 3.05) is 7.05 Å². The Morgan fingerprint density at radius 1 is 1.36 bits per heavy atom. The zero-order valence-electron chi connectivity index (χ0n) is 6.70. The lowest BCUT2D eigenvalue weighted by molar-refractivity contribution is 0.350. The Morgan fingerprint density at radius 2 is 2.00 bits per heavy atom. The van der Waals surface area contributed by atoms with Crippen LogP contribution in [0.3, 0.4) is 0 Å². The minimum atomic E-state index is 0.824. The van der Waals surface area contributed by atoms with Gasteiger partial charge in [-0.3, -0.25) is 5.01 Å². The lowest BCUT2D eigenvalue weighted by Gasteiger charge is -2.10. The Morgan fingerprint density at radius 3 is 2.55 bits per heavy atom. The molecule has 0 aliphatic heterocycles. The average Bonchev–Trinajstić information content (AvgIpc) is 2.06. The normalized spacial score (nSPS) is 9.18. The third-order valence-corrected chi connectivity index (χ3v) is 1.50. The maximum Gasteiger partial charge on any atom is 0.0607 e. The zero-order chi connectivity index (χ0) is 8.10. The van der Waals surface area contributed by atoms with Crippen LogP contribution in [-0.4, -0.2) is 18.8 Å². The molecule has 1 rings (SSSR count). The fourth-order valence-corrected chi connectivity index (χ4v) is 0.898. The van der Waals surface area contributed by atoms with Crippen molar-refractivity contribution in [3.8, 4) is 0 Å². The lowest BCUT2D eigenvalue weighted by Crippen LogP contribution is -2.08. The highest BCUT2D eigenvalue weighted by Gasteiger charge is 1.92. The summed E-state index contributed by atoms with van der Waals surface area (Å²) >= 11 is 0. The highest BCUT2D eigenvalue weighted by Crippen LogP contribution is 2.01. The Hall–Kier alpha value is -1.31. The van der Waals surface area contributed by atoms with Crippen LogP contribution in [0.15, 0.2) is 35.4 Å². The molecule has 0 saturated carbocycles. The van der Waals surface area contributed by atoms with E-state index in [0.717, 1.165) is 6.54 Å². The number of hydrogen-bond donors (Lipinski definition) is 0. The molecule has 0 aliphatic carbocycles. The van der Waals surface area contributed by atoms with Gasteiger partial charge in [-0.05, 0) is 5.56 Å². The van der Waals surface area contributed by atoms with Crippen molar-refractivity contribution in [3.63, 3.8) is 0 Å². The minimum Gasteiger partial charge on any atom is -0.296 e. The Bertz CT molecular complexity index is 218. The summed E-state index contributed by atoms with van der Waals surface area (Å²) in [5.41, 5.74) is 1.25. The van der Waals surface area contributed by atoms with E-state index in [9.17, 15) is 0 Å². The second kappa shape index (κ2) is 3.76. The van der Waals surface area contributed by atoms with Crippen molar-refractivity contribution in [1.29, 1.82) is 0 Å². The molecule has 0 atom stereocenters. The van der Waals surface area contributed by atoms with Crippen LogP contribution in [-0.2, 0) is 6.54 Å². The molecule has 1 aromatic carbocycles. The summed E-state index contributed by atoms with van der Waals surface area (Å²) < 4.78 is 0. The van der Waals surface area contributed by atoms with E-state index in [-0.39, 0.29) is 0 Å². The van der Waals surface area contributed by atoms with Crippen molar-refractivity contribution in [3.05, 3.63) is 35.9 Å². The lowest BCUT2D eigenvalue weighted by atomic mass is 10.2. The summed E-state index contributed by atoms with van der Waals surface area (Å²) in [4.78, 5) is 0. The first-order chi connectivity index (χ1) is 5.33. The molecule has 0 aliphatic rings. The van der Waals surface area contributed by atoms with Gasteiger partial charge >= 0.3 is 0 Å². The molecule has 0 heterocycles. The molecule has 0 amide bonds. The van der Waals surface area contributed by atoms with Crippen LogP contribution in [0.25, 0.3) is 0 Å². The molecular formula is C9H12N2. The van der Waals surface area contributed by atoms with Crippen LogP contribution in [0.1, 0.15) is 5.56 Å². The van der Waals surface area contributed by atoms with Gasteiger partial charge in [0.05, 0.1) is 6.54 Å². The molecule has 1 aromatic rings. The molecule has 0 saturated heterocycles. The molecule has 11 heavy (non-hydrogen) atoms. The fraction of sp³-hybridized carbons (Fsp3) is 0.222. The fourth-order valence-electron chi connectivity index (χ4n) is 0.898. The van der Waals surface area contributed by atoms with Gasteiger partial charge in [0.1, 0.15) is 0 Å². The molecule has 0 aromatic heterocycles. The SMILES string of the molecule is C=NN(C)Cc1ccccc1. The Kier molecular flexibility index (Phi) is 2.66. The number of benzene rings is 1. The quantitative estimate of drug-likeness (QED) is 0.471.